The smallest absolute Gasteiger partial charge is 0.454 e. The number of hydrogen-bond donors (Lipinski definition) is 4. The first-order valence-corrected chi connectivity index (χ1v) is 19.1. The molecule has 0 radical (unpaired) electrons. The third-order valence-corrected chi connectivity index (χ3v) is 12.3. The van der Waals surface area contributed by atoms with E-state index >= 15 is 4.79 Å². The van der Waals surface area contributed by atoms with Crippen LogP contribution in [0.2, 0.25) is 0 Å². The molecule has 6 rings (SSSR count). The van der Waals surface area contributed by atoms with E-state index in [1.807, 2.05) is 0 Å². The van der Waals surface area contributed by atoms with Gasteiger partial charge in [0, 0.05) is 18.8 Å². The standard InChI is InChI=1S/C41H51NO16/c1-10-14-22(42-35(50)57-37(4,5)6)26(45)34(49)53-28-19(2)25-27(46)30(47)39(9)23(44)17-24-40(18-52-24,56-20(3)43)29(39)32(54-33(48)21-15-12-11-13-16-21)41(38(25,7)8)31(28)55-36(51)58-41/h10-16,22-24,26-29,31-32,44-46H,17-18H2,1-9H3,(H,42,50)/b14-10+/t22-,23-,24+,26+,27+,28+,29-,31-,32-,39+,40-,41+/m0/s1. The lowest BCUT2D eigenvalue weighted by molar-refractivity contribution is -0.345. The van der Waals surface area contributed by atoms with Crippen molar-refractivity contribution in [3.63, 3.8) is 0 Å². The predicted molar refractivity (Wildman–Crippen MR) is 198 cm³/mol. The molecule has 17 nitrogen and oxygen atoms in total. The molecule has 5 aliphatic rings. The summed E-state index contributed by atoms with van der Waals surface area (Å²) in [5, 5.41) is 38.0. The highest BCUT2D eigenvalue weighted by Gasteiger charge is 2.83. The average Bonchev–Trinajstić information content (AvgIpc) is 3.50. The Bertz CT molecular complexity index is 1940. The van der Waals surface area contributed by atoms with Crippen LogP contribution in [0.1, 0.15) is 79.1 Å². The molecule has 58 heavy (non-hydrogen) atoms. The maximum atomic E-state index is 15.0. The van der Waals surface area contributed by atoms with Crippen LogP contribution in [0, 0.1) is 16.7 Å². The van der Waals surface area contributed by atoms with Gasteiger partial charge in [0.1, 0.15) is 17.8 Å². The van der Waals surface area contributed by atoms with Gasteiger partial charge in [0.15, 0.2) is 35.8 Å². The number of amides is 1. The highest BCUT2D eigenvalue weighted by atomic mass is 16.8. The largest absolute Gasteiger partial charge is 0.509 e. The van der Waals surface area contributed by atoms with Gasteiger partial charge in [-0.3, -0.25) is 9.59 Å². The highest BCUT2D eigenvalue weighted by Crippen LogP contribution is 2.66. The van der Waals surface area contributed by atoms with Gasteiger partial charge in [-0.15, -0.1) is 0 Å². The molecule has 316 valence electrons. The normalized spacial score (nSPS) is 35.9. The third-order valence-electron chi connectivity index (χ3n) is 12.3. The van der Waals surface area contributed by atoms with Gasteiger partial charge in [-0.2, -0.15) is 0 Å². The minimum Gasteiger partial charge on any atom is -0.454 e. The Morgan fingerprint density at radius 3 is 2.26 bits per heavy atom. The molecule has 4 fully saturated rings. The summed E-state index contributed by atoms with van der Waals surface area (Å²) >= 11 is 0. The van der Waals surface area contributed by atoms with Gasteiger partial charge in [0.05, 0.1) is 35.6 Å². The molecule has 0 aromatic heterocycles. The average molecular weight is 814 g/mol. The van der Waals surface area contributed by atoms with Crippen molar-refractivity contribution >= 4 is 35.9 Å². The third kappa shape index (κ3) is 6.55. The summed E-state index contributed by atoms with van der Waals surface area (Å²) in [6, 6.07) is 6.34. The Morgan fingerprint density at radius 1 is 1.03 bits per heavy atom. The number of hydrogen-bond acceptors (Lipinski definition) is 16. The minimum atomic E-state index is -2.32. The SMILES string of the molecule is C/C=C/[C@H](NC(=O)OC(C)(C)C)[C@@H](O)C(=O)O[C@@H]1C(C)=C2[C@@H](O)C(=O)[C@@]3(C)[C@H]([C@H](OC(=O)c4ccccc4)[C@@]4(OC(=O)O[C@@H]14)C2(C)C)[C@]1(OC(C)=O)CO[C@@H]1C[C@@H]3O. The Balaban J connectivity index is 1.56. The molecular formula is C41H51NO16. The zero-order chi connectivity index (χ0) is 42.9. The number of aliphatic hydroxyl groups is 3. The van der Waals surface area contributed by atoms with Crippen LogP contribution in [0.4, 0.5) is 9.59 Å². The van der Waals surface area contributed by atoms with Crippen molar-refractivity contribution in [3.8, 4) is 0 Å². The number of carbonyl (C=O) groups is 6. The van der Waals surface area contributed by atoms with Crippen molar-refractivity contribution in [3.05, 3.63) is 59.2 Å². The number of esters is 3. The second kappa shape index (κ2) is 14.8. The molecule has 17 heteroatoms. The maximum Gasteiger partial charge on any atom is 0.509 e. The van der Waals surface area contributed by atoms with Crippen LogP contribution in [0.25, 0.3) is 0 Å². The Kier molecular flexibility index (Phi) is 10.9. The molecule has 2 bridgehead atoms. The number of benzene rings is 1. The summed E-state index contributed by atoms with van der Waals surface area (Å²) in [5.41, 5.74) is -8.91. The van der Waals surface area contributed by atoms with Gasteiger partial charge < -0.3 is 53.8 Å². The van der Waals surface area contributed by atoms with Gasteiger partial charge in [-0.25, -0.2) is 19.2 Å². The van der Waals surface area contributed by atoms with Crippen LogP contribution in [0.3, 0.4) is 0 Å². The molecule has 1 aromatic carbocycles. The number of aliphatic hydroxyl groups excluding tert-OH is 3. The van der Waals surface area contributed by atoms with E-state index in [4.69, 9.17) is 33.2 Å². The van der Waals surface area contributed by atoms with Gasteiger partial charge in [-0.05, 0) is 64.8 Å². The quantitative estimate of drug-likeness (QED) is 0.168. The molecule has 2 aliphatic heterocycles. The van der Waals surface area contributed by atoms with Crippen LogP contribution in [-0.2, 0) is 47.5 Å². The molecule has 2 saturated heterocycles. The van der Waals surface area contributed by atoms with Gasteiger partial charge in [0.2, 0.25) is 5.60 Å². The van der Waals surface area contributed by atoms with Gasteiger partial charge in [0.25, 0.3) is 0 Å². The fraction of sp³-hybridized carbons (Fsp3) is 0.610. The number of Topliss-reactive ketones (excluding diaryl/α,β-unsaturated/α-hetero) is 1. The fourth-order valence-electron chi connectivity index (χ4n) is 9.76. The predicted octanol–water partition coefficient (Wildman–Crippen LogP) is 2.62. The summed E-state index contributed by atoms with van der Waals surface area (Å²) in [6.07, 6.45) is -11.9. The number of fused-ring (bicyclic) bond motifs is 4. The van der Waals surface area contributed by atoms with Crippen LogP contribution in [0.5, 0.6) is 0 Å². The molecular weight excluding hydrogens is 762 g/mol. The first-order valence-electron chi connectivity index (χ1n) is 19.1. The van der Waals surface area contributed by atoms with Crippen molar-refractivity contribution < 1.29 is 77.2 Å². The summed E-state index contributed by atoms with van der Waals surface area (Å²) in [7, 11) is 0. The molecule has 0 unspecified atom stereocenters. The van der Waals surface area contributed by atoms with E-state index in [1.54, 1.807) is 45.9 Å². The van der Waals surface area contributed by atoms with Gasteiger partial charge >= 0.3 is 30.2 Å². The second-order valence-corrected chi connectivity index (χ2v) is 17.2. The summed E-state index contributed by atoms with van der Waals surface area (Å²) in [6.45, 7) is 13.1. The first-order chi connectivity index (χ1) is 27.0. The number of carbonyl (C=O) groups excluding carboxylic acids is 6. The van der Waals surface area contributed by atoms with E-state index in [2.05, 4.69) is 5.32 Å². The molecule has 12 atom stereocenters. The second-order valence-electron chi connectivity index (χ2n) is 17.2. The van der Waals surface area contributed by atoms with E-state index in [9.17, 15) is 39.3 Å². The number of ether oxygens (including phenoxy) is 7. The first kappa shape index (κ1) is 42.8. The Hall–Kier alpha value is -4.84. The minimum absolute atomic E-state index is 0.0213. The number of rotatable bonds is 8. The van der Waals surface area contributed by atoms with E-state index in [1.165, 1.54) is 52.0 Å². The lowest BCUT2D eigenvalue weighted by Crippen LogP contribution is -2.83. The molecule has 2 heterocycles. The highest BCUT2D eigenvalue weighted by molar-refractivity contribution is 5.94. The van der Waals surface area contributed by atoms with Crippen molar-refractivity contribution in [1.29, 1.82) is 0 Å². The van der Waals surface area contributed by atoms with E-state index < -0.39 is 118 Å². The summed E-state index contributed by atoms with van der Waals surface area (Å²) < 4.78 is 41.6. The van der Waals surface area contributed by atoms with Crippen molar-refractivity contribution in [1.82, 2.24) is 5.32 Å². The lowest BCUT2D eigenvalue weighted by atomic mass is 9.44. The van der Waals surface area contributed by atoms with E-state index in [0.29, 0.717) is 0 Å². The number of ketones is 1. The zero-order valence-corrected chi connectivity index (χ0v) is 33.8. The molecule has 3 aliphatic carbocycles. The molecule has 1 spiro atoms. The summed E-state index contributed by atoms with van der Waals surface area (Å²) in [5.74, 6) is -5.67. The van der Waals surface area contributed by atoms with Crippen molar-refractivity contribution in [2.24, 2.45) is 16.7 Å². The van der Waals surface area contributed by atoms with Crippen molar-refractivity contribution in [2.75, 3.05) is 6.61 Å². The molecule has 1 aromatic rings. The van der Waals surface area contributed by atoms with Crippen molar-refractivity contribution in [2.45, 2.75) is 134 Å². The number of nitrogens with one attached hydrogen (secondary N) is 1. The lowest BCUT2D eigenvalue weighted by Gasteiger charge is -2.67. The van der Waals surface area contributed by atoms with E-state index in [-0.39, 0.29) is 29.7 Å². The fourth-order valence-corrected chi connectivity index (χ4v) is 9.76. The maximum absolute atomic E-state index is 15.0. The monoisotopic (exact) mass is 813 g/mol. The zero-order valence-electron chi connectivity index (χ0n) is 33.8. The molecule has 1 amide bonds. The Labute approximate surface area is 334 Å². The number of alkyl carbamates (subject to hydrolysis) is 1. The van der Waals surface area contributed by atoms with E-state index in [0.717, 1.165) is 6.92 Å². The van der Waals surface area contributed by atoms with Crippen LogP contribution in [-0.4, -0.2) is 123 Å². The number of allylic oxidation sites excluding steroid dienone is 1. The van der Waals surface area contributed by atoms with Crippen LogP contribution in [0.15, 0.2) is 53.6 Å². The van der Waals surface area contributed by atoms with Crippen LogP contribution < -0.4 is 5.32 Å². The molecule has 4 N–H and O–H groups in total. The van der Waals surface area contributed by atoms with Crippen LogP contribution >= 0.6 is 0 Å². The molecule has 2 saturated carbocycles. The van der Waals surface area contributed by atoms with Gasteiger partial charge in [-0.1, -0.05) is 44.2 Å². The Morgan fingerprint density at radius 2 is 1.69 bits per heavy atom. The topological polar surface area (TPSA) is 240 Å². The summed E-state index contributed by atoms with van der Waals surface area (Å²) in [4.78, 5) is 82.7.